The van der Waals surface area contributed by atoms with Gasteiger partial charge in [-0.05, 0) is 44.2 Å². The summed E-state index contributed by atoms with van der Waals surface area (Å²) >= 11 is 0. The van der Waals surface area contributed by atoms with Gasteiger partial charge in [-0.25, -0.2) is 4.79 Å². The minimum atomic E-state index is -1.20. The van der Waals surface area contributed by atoms with Crippen LogP contribution in [-0.4, -0.2) is 47.2 Å². The molecule has 0 aromatic rings. The smallest absolute Gasteiger partial charge is 0.326 e. The Hall–Kier alpha value is -1.63. The van der Waals surface area contributed by atoms with E-state index in [4.69, 9.17) is 10.2 Å². The number of aliphatic carboxylic acids is 2. The minimum absolute atomic E-state index is 0.101. The Labute approximate surface area is 124 Å². The predicted octanol–water partition coefficient (Wildman–Crippen LogP) is 0.446. The van der Waals surface area contributed by atoms with Crippen molar-refractivity contribution in [2.75, 3.05) is 13.1 Å². The Morgan fingerprint density at radius 3 is 2.57 bits per heavy atom. The molecule has 0 saturated carbocycles. The third kappa shape index (κ3) is 6.57. The van der Waals surface area contributed by atoms with E-state index in [2.05, 4.69) is 10.6 Å². The monoisotopic (exact) mass is 300 g/mol. The maximum Gasteiger partial charge on any atom is 0.326 e. The van der Waals surface area contributed by atoms with Crippen molar-refractivity contribution in [3.05, 3.63) is 0 Å². The number of carboxylic acids is 2. The van der Waals surface area contributed by atoms with Crippen molar-refractivity contribution in [2.45, 2.75) is 45.1 Å². The minimum Gasteiger partial charge on any atom is -0.481 e. The molecular weight excluding hydrogens is 276 g/mol. The van der Waals surface area contributed by atoms with Crippen molar-refractivity contribution in [3.63, 3.8) is 0 Å². The van der Waals surface area contributed by atoms with E-state index in [-0.39, 0.29) is 31.1 Å². The Balaban J connectivity index is 2.41. The van der Waals surface area contributed by atoms with E-state index in [0.717, 1.165) is 25.9 Å². The van der Waals surface area contributed by atoms with Gasteiger partial charge >= 0.3 is 11.9 Å². The topological polar surface area (TPSA) is 116 Å². The van der Waals surface area contributed by atoms with Gasteiger partial charge in [-0.15, -0.1) is 0 Å². The summed E-state index contributed by atoms with van der Waals surface area (Å²) in [5, 5.41) is 23.3. The SMILES string of the molecule is CC(CC(=O)N[C@@H](CCC(=O)O)C(=O)O)C1CCCNC1. The average Bonchev–Trinajstić information content (AvgIpc) is 2.43. The van der Waals surface area contributed by atoms with Crippen molar-refractivity contribution < 1.29 is 24.6 Å². The van der Waals surface area contributed by atoms with Crippen LogP contribution in [0.15, 0.2) is 0 Å². The molecule has 4 N–H and O–H groups in total. The molecule has 2 unspecified atom stereocenters. The number of carbonyl (C=O) groups is 3. The number of hydrogen-bond donors (Lipinski definition) is 4. The largest absolute Gasteiger partial charge is 0.481 e. The molecule has 1 amide bonds. The molecule has 120 valence electrons. The first-order valence-corrected chi connectivity index (χ1v) is 7.34. The molecule has 1 aliphatic rings. The maximum atomic E-state index is 11.9. The lowest BCUT2D eigenvalue weighted by atomic mass is 9.85. The van der Waals surface area contributed by atoms with Crippen LogP contribution in [0.3, 0.4) is 0 Å². The third-order valence-corrected chi connectivity index (χ3v) is 3.93. The van der Waals surface area contributed by atoms with Gasteiger partial charge in [0.05, 0.1) is 0 Å². The van der Waals surface area contributed by atoms with Crippen LogP contribution in [0.25, 0.3) is 0 Å². The molecule has 21 heavy (non-hydrogen) atoms. The molecule has 0 aromatic heterocycles. The summed E-state index contributed by atoms with van der Waals surface area (Å²) < 4.78 is 0. The molecule has 7 nitrogen and oxygen atoms in total. The van der Waals surface area contributed by atoms with Crippen LogP contribution in [0.1, 0.15) is 39.0 Å². The summed E-state index contributed by atoms with van der Waals surface area (Å²) in [4.78, 5) is 33.4. The first kappa shape index (κ1) is 17.4. The molecule has 0 spiro atoms. The highest BCUT2D eigenvalue weighted by atomic mass is 16.4. The Morgan fingerprint density at radius 2 is 2.05 bits per heavy atom. The van der Waals surface area contributed by atoms with E-state index >= 15 is 0 Å². The van der Waals surface area contributed by atoms with E-state index in [1.165, 1.54) is 0 Å². The fourth-order valence-electron chi connectivity index (χ4n) is 2.60. The van der Waals surface area contributed by atoms with Crippen LogP contribution < -0.4 is 10.6 Å². The Morgan fingerprint density at radius 1 is 1.33 bits per heavy atom. The van der Waals surface area contributed by atoms with Crippen LogP contribution in [0.5, 0.6) is 0 Å². The number of nitrogens with one attached hydrogen (secondary N) is 2. The molecule has 0 bridgehead atoms. The number of piperidine rings is 1. The van der Waals surface area contributed by atoms with Gasteiger partial charge in [-0.1, -0.05) is 6.92 Å². The number of amides is 1. The van der Waals surface area contributed by atoms with Gasteiger partial charge in [0.25, 0.3) is 0 Å². The van der Waals surface area contributed by atoms with Crippen LogP contribution in [0.4, 0.5) is 0 Å². The van der Waals surface area contributed by atoms with E-state index in [9.17, 15) is 14.4 Å². The predicted molar refractivity (Wildman–Crippen MR) is 75.8 cm³/mol. The molecule has 1 saturated heterocycles. The molecule has 7 heteroatoms. The molecule has 1 heterocycles. The summed E-state index contributed by atoms with van der Waals surface area (Å²) in [6, 6.07) is -1.13. The number of hydrogen-bond acceptors (Lipinski definition) is 4. The molecule has 3 atom stereocenters. The van der Waals surface area contributed by atoms with Gasteiger partial charge in [0.15, 0.2) is 0 Å². The average molecular weight is 300 g/mol. The van der Waals surface area contributed by atoms with Gasteiger partial charge in [-0.3, -0.25) is 9.59 Å². The Bertz CT molecular complexity index is 380. The molecule has 1 aliphatic heterocycles. The molecule has 1 fully saturated rings. The van der Waals surface area contributed by atoms with Crippen LogP contribution in [0.2, 0.25) is 0 Å². The fourth-order valence-corrected chi connectivity index (χ4v) is 2.60. The fraction of sp³-hybridized carbons (Fsp3) is 0.786. The summed E-state index contributed by atoms with van der Waals surface area (Å²) in [6.45, 7) is 3.88. The maximum absolute atomic E-state index is 11.9. The lowest BCUT2D eigenvalue weighted by Gasteiger charge is -2.28. The Kier molecular flexibility index (Phi) is 7.14. The van der Waals surface area contributed by atoms with Crippen molar-refractivity contribution in [1.82, 2.24) is 10.6 Å². The van der Waals surface area contributed by atoms with E-state index in [0.29, 0.717) is 5.92 Å². The number of rotatable bonds is 8. The van der Waals surface area contributed by atoms with E-state index in [1.54, 1.807) is 0 Å². The normalized spacial score (nSPS) is 21.3. The number of carbonyl (C=O) groups excluding carboxylic acids is 1. The second kappa shape index (κ2) is 8.61. The summed E-state index contributed by atoms with van der Waals surface area (Å²) in [6.07, 6.45) is 2.05. The van der Waals surface area contributed by atoms with Crippen LogP contribution in [0, 0.1) is 11.8 Å². The summed E-state index contributed by atoms with van der Waals surface area (Å²) in [5.74, 6) is -2.00. The van der Waals surface area contributed by atoms with Crippen molar-refractivity contribution in [3.8, 4) is 0 Å². The lowest BCUT2D eigenvalue weighted by molar-refractivity contribution is -0.143. The molecule has 0 aliphatic carbocycles. The van der Waals surface area contributed by atoms with Gasteiger partial charge in [-0.2, -0.15) is 0 Å². The molecular formula is C14H24N2O5. The standard InChI is InChI=1S/C14H24N2O5/c1-9(10-3-2-6-15-8-10)7-12(17)16-11(14(20)21)4-5-13(18)19/h9-11,15H,2-8H2,1H3,(H,16,17)(H,18,19)(H,20,21)/t9?,10?,11-/m0/s1. The molecule has 0 aromatic carbocycles. The van der Waals surface area contributed by atoms with Crippen LogP contribution in [-0.2, 0) is 14.4 Å². The first-order chi connectivity index (χ1) is 9.90. The molecule has 0 radical (unpaired) electrons. The van der Waals surface area contributed by atoms with E-state index < -0.39 is 18.0 Å². The van der Waals surface area contributed by atoms with Gasteiger partial charge in [0, 0.05) is 12.8 Å². The third-order valence-electron chi connectivity index (χ3n) is 3.93. The zero-order valence-corrected chi connectivity index (χ0v) is 12.3. The van der Waals surface area contributed by atoms with Crippen molar-refractivity contribution in [1.29, 1.82) is 0 Å². The second-order valence-corrected chi connectivity index (χ2v) is 5.68. The highest BCUT2D eigenvalue weighted by Crippen LogP contribution is 2.22. The molecule has 1 rings (SSSR count). The van der Waals surface area contributed by atoms with Crippen molar-refractivity contribution >= 4 is 17.8 Å². The lowest BCUT2D eigenvalue weighted by Crippen LogP contribution is -2.42. The van der Waals surface area contributed by atoms with Gasteiger partial charge in [0.2, 0.25) is 5.91 Å². The van der Waals surface area contributed by atoms with Crippen molar-refractivity contribution in [2.24, 2.45) is 11.8 Å². The van der Waals surface area contributed by atoms with Crippen LogP contribution >= 0.6 is 0 Å². The summed E-state index contributed by atoms with van der Waals surface area (Å²) in [5.41, 5.74) is 0. The summed E-state index contributed by atoms with van der Waals surface area (Å²) in [7, 11) is 0. The van der Waals surface area contributed by atoms with Gasteiger partial charge in [0.1, 0.15) is 6.04 Å². The number of carboxylic acid groups (broad SMARTS) is 2. The first-order valence-electron chi connectivity index (χ1n) is 7.34. The highest BCUT2D eigenvalue weighted by molar-refractivity contribution is 5.84. The second-order valence-electron chi connectivity index (χ2n) is 5.68. The van der Waals surface area contributed by atoms with Gasteiger partial charge < -0.3 is 20.8 Å². The zero-order chi connectivity index (χ0) is 15.8. The quantitative estimate of drug-likeness (QED) is 0.517. The zero-order valence-electron chi connectivity index (χ0n) is 12.3. The van der Waals surface area contributed by atoms with E-state index in [1.807, 2.05) is 6.92 Å². The highest BCUT2D eigenvalue weighted by Gasteiger charge is 2.25.